The zero-order valence-corrected chi connectivity index (χ0v) is 30.5. The Morgan fingerprint density at radius 2 is 0.907 bits per heavy atom. The number of hydrogen-bond acceptors (Lipinski definition) is 1. The number of benzene rings is 9. The smallest absolute Gasteiger partial charge is 0.0467 e. The molecule has 0 heterocycles. The van der Waals surface area contributed by atoms with E-state index in [0.29, 0.717) is 0 Å². The van der Waals surface area contributed by atoms with Crippen molar-refractivity contribution in [1.29, 1.82) is 0 Å². The van der Waals surface area contributed by atoms with Crippen LogP contribution in [0.4, 0.5) is 17.1 Å². The topological polar surface area (TPSA) is 3.24 Å². The fraction of sp³-hybridized carbons (Fsp3) is 0.0566. The highest BCUT2D eigenvalue weighted by molar-refractivity contribution is 6.05. The average molecular weight is 690 g/mol. The molecule has 9 aromatic rings. The van der Waals surface area contributed by atoms with Crippen LogP contribution in [0.1, 0.15) is 25.0 Å². The van der Waals surface area contributed by atoms with Crippen LogP contribution in [0.15, 0.2) is 200 Å². The zero-order valence-electron chi connectivity index (χ0n) is 30.5. The third-order valence-electron chi connectivity index (χ3n) is 11.4. The molecule has 0 atom stereocenters. The number of nitrogens with zero attached hydrogens (tertiary/aromatic N) is 1. The highest BCUT2D eigenvalue weighted by Crippen LogP contribution is 2.54. The Hall–Kier alpha value is -6.70. The van der Waals surface area contributed by atoms with Crippen molar-refractivity contribution in [2.75, 3.05) is 4.90 Å². The van der Waals surface area contributed by atoms with Crippen molar-refractivity contribution >= 4 is 38.6 Å². The minimum atomic E-state index is -0.179. The Morgan fingerprint density at radius 1 is 0.333 bits per heavy atom. The second-order valence-electron chi connectivity index (χ2n) is 14.9. The molecule has 0 unspecified atom stereocenters. The molecule has 0 saturated heterocycles. The fourth-order valence-electron chi connectivity index (χ4n) is 8.86. The summed E-state index contributed by atoms with van der Waals surface area (Å²) in [7, 11) is 0. The van der Waals surface area contributed by atoms with Gasteiger partial charge in [0, 0.05) is 22.5 Å². The monoisotopic (exact) mass is 689 g/mol. The van der Waals surface area contributed by atoms with E-state index in [1.165, 1.54) is 77.2 Å². The molecule has 0 amide bonds. The van der Waals surface area contributed by atoms with Gasteiger partial charge in [0.25, 0.3) is 0 Å². The van der Waals surface area contributed by atoms with Gasteiger partial charge in [-0.2, -0.15) is 0 Å². The van der Waals surface area contributed by atoms with Gasteiger partial charge in [-0.3, -0.25) is 0 Å². The Balaban J connectivity index is 1.14. The lowest BCUT2D eigenvalue weighted by Crippen LogP contribution is -2.16. The predicted molar refractivity (Wildman–Crippen MR) is 230 cm³/mol. The van der Waals surface area contributed by atoms with Crippen LogP contribution in [-0.2, 0) is 5.41 Å². The summed E-state index contributed by atoms with van der Waals surface area (Å²) in [5.74, 6) is 0. The van der Waals surface area contributed by atoms with Gasteiger partial charge in [-0.1, -0.05) is 178 Å². The molecule has 0 bridgehead atoms. The normalized spacial score (nSPS) is 12.8. The van der Waals surface area contributed by atoms with E-state index in [-0.39, 0.29) is 5.41 Å². The predicted octanol–water partition coefficient (Wildman–Crippen LogP) is 14.8. The molecule has 1 aliphatic carbocycles. The number of anilines is 3. The van der Waals surface area contributed by atoms with Gasteiger partial charge in [0.05, 0.1) is 0 Å². The van der Waals surface area contributed by atoms with Gasteiger partial charge >= 0.3 is 0 Å². The minimum Gasteiger partial charge on any atom is -0.310 e. The van der Waals surface area contributed by atoms with Crippen LogP contribution >= 0.6 is 0 Å². The summed E-state index contributed by atoms with van der Waals surface area (Å²) in [5.41, 5.74) is 16.1. The summed E-state index contributed by atoms with van der Waals surface area (Å²) in [4.78, 5) is 2.41. The van der Waals surface area contributed by atoms with Gasteiger partial charge in [0.1, 0.15) is 0 Å². The van der Waals surface area contributed by atoms with Crippen molar-refractivity contribution in [3.8, 4) is 44.5 Å². The van der Waals surface area contributed by atoms with Crippen molar-refractivity contribution in [2.45, 2.75) is 19.3 Å². The molecule has 0 aliphatic heterocycles. The van der Waals surface area contributed by atoms with Crippen LogP contribution in [0.2, 0.25) is 0 Å². The summed E-state index contributed by atoms with van der Waals surface area (Å²) in [5, 5.41) is 5.05. The first kappa shape index (κ1) is 32.0. The highest BCUT2D eigenvalue weighted by Gasteiger charge is 2.37. The van der Waals surface area contributed by atoms with E-state index < -0.39 is 0 Å². The maximum absolute atomic E-state index is 2.44. The lowest BCUT2D eigenvalue weighted by molar-refractivity contribution is 0.660. The minimum absolute atomic E-state index is 0.179. The summed E-state index contributed by atoms with van der Waals surface area (Å²) >= 11 is 0. The lowest BCUT2D eigenvalue weighted by atomic mass is 9.81. The number of hydrogen-bond donors (Lipinski definition) is 0. The van der Waals surface area contributed by atoms with Gasteiger partial charge in [-0.05, 0) is 114 Å². The van der Waals surface area contributed by atoms with Crippen molar-refractivity contribution in [3.63, 3.8) is 0 Å². The lowest BCUT2D eigenvalue weighted by Gasteiger charge is -2.28. The molecule has 1 nitrogen and oxygen atoms in total. The fourth-order valence-corrected chi connectivity index (χ4v) is 8.86. The van der Waals surface area contributed by atoms with E-state index in [1.807, 2.05) is 0 Å². The van der Waals surface area contributed by atoms with Gasteiger partial charge in [0.2, 0.25) is 0 Å². The molecule has 0 radical (unpaired) electrons. The molecule has 10 rings (SSSR count). The van der Waals surface area contributed by atoms with Crippen LogP contribution in [0.5, 0.6) is 0 Å². The Kier molecular flexibility index (Phi) is 7.56. The number of fused-ring (bicyclic) bond motifs is 5. The first-order valence-corrected chi connectivity index (χ1v) is 18.9. The van der Waals surface area contributed by atoms with Crippen molar-refractivity contribution < 1.29 is 0 Å². The molecule has 0 aromatic heterocycles. The van der Waals surface area contributed by atoms with Gasteiger partial charge < -0.3 is 4.90 Å². The molecule has 9 aromatic carbocycles. The van der Waals surface area contributed by atoms with Crippen LogP contribution in [0.3, 0.4) is 0 Å². The summed E-state index contributed by atoms with van der Waals surface area (Å²) < 4.78 is 0. The van der Waals surface area contributed by atoms with E-state index >= 15 is 0 Å². The van der Waals surface area contributed by atoms with Crippen LogP contribution < -0.4 is 4.90 Å². The van der Waals surface area contributed by atoms with Gasteiger partial charge in [-0.25, -0.2) is 0 Å². The summed E-state index contributed by atoms with van der Waals surface area (Å²) in [6, 6.07) is 73.3. The maximum Gasteiger partial charge on any atom is 0.0467 e. The van der Waals surface area contributed by atoms with E-state index in [9.17, 15) is 0 Å². The standard InChI is InChI=1S/C53H39N/c1-53(2)49-29-15-28-47(46-27-14-20-36-16-9-11-25-43(36)46)52(49)48-33-31-42(35-50(48)53)54(40-22-7-4-8-23-40)41-24-13-21-39(34-41)45-32-30-37-17-10-12-26-44(37)51(45)38-18-5-3-6-19-38/h3-35H,1-2H3. The van der Waals surface area contributed by atoms with Gasteiger partial charge in [-0.15, -0.1) is 0 Å². The third kappa shape index (κ3) is 5.16. The second kappa shape index (κ2) is 12.8. The Labute approximate surface area is 317 Å². The third-order valence-corrected chi connectivity index (χ3v) is 11.4. The molecular weight excluding hydrogens is 651 g/mol. The summed E-state index contributed by atoms with van der Waals surface area (Å²) in [6.07, 6.45) is 0. The van der Waals surface area contributed by atoms with Gasteiger partial charge in [0.15, 0.2) is 0 Å². The quantitative estimate of drug-likeness (QED) is 0.168. The first-order valence-electron chi connectivity index (χ1n) is 18.9. The van der Waals surface area contributed by atoms with E-state index in [1.54, 1.807) is 0 Å². The second-order valence-corrected chi connectivity index (χ2v) is 14.9. The highest BCUT2D eigenvalue weighted by atomic mass is 15.1. The molecule has 0 fully saturated rings. The largest absolute Gasteiger partial charge is 0.310 e. The van der Waals surface area contributed by atoms with Crippen LogP contribution in [0.25, 0.3) is 66.1 Å². The number of rotatable bonds is 6. The van der Waals surface area contributed by atoms with E-state index in [0.717, 1.165) is 17.1 Å². The molecular formula is C53H39N. The zero-order chi connectivity index (χ0) is 36.2. The number of para-hydroxylation sites is 1. The van der Waals surface area contributed by atoms with Crippen molar-refractivity contribution in [3.05, 3.63) is 211 Å². The van der Waals surface area contributed by atoms with Crippen LogP contribution in [0, 0.1) is 0 Å². The molecule has 0 saturated carbocycles. The van der Waals surface area contributed by atoms with Crippen molar-refractivity contribution in [2.24, 2.45) is 0 Å². The first-order chi connectivity index (χ1) is 26.6. The van der Waals surface area contributed by atoms with E-state index in [4.69, 9.17) is 0 Å². The maximum atomic E-state index is 2.44. The summed E-state index contributed by atoms with van der Waals surface area (Å²) in [6.45, 7) is 4.76. The molecule has 1 heteroatoms. The molecule has 54 heavy (non-hydrogen) atoms. The Morgan fingerprint density at radius 3 is 1.72 bits per heavy atom. The van der Waals surface area contributed by atoms with Crippen LogP contribution in [-0.4, -0.2) is 0 Å². The average Bonchev–Trinajstić information content (AvgIpc) is 3.46. The van der Waals surface area contributed by atoms with Crippen molar-refractivity contribution in [1.82, 2.24) is 0 Å². The SMILES string of the molecule is CC1(C)c2cc(N(c3ccccc3)c3cccc(-c4ccc5ccccc5c4-c4ccccc4)c3)ccc2-c2c(-c3cccc4ccccc34)cccc21. The molecule has 0 N–H and O–H groups in total. The molecule has 256 valence electrons. The Bertz CT molecular complexity index is 2840. The molecule has 1 aliphatic rings. The molecule has 0 spiro atoms. The van der Waals surface area contributed by atoms with E-state index in [2.05, 4.69) is 219 Å².